The lowest BCUT2D eigenvalue weighted by molar-refractivity contribution is -0.138. The molecule has 2 unspecified atom stereocenters. The Morgan fingerprint density at radius 1 is 1.03 bits per heavy atom. The Labute approximate surface area is 199 Å². The number of benzene rings is 2. The molecule has 2 aliphatic rings. The summed E-state index contributed by atoms with van der Waals surface area (Å²) in [6.07, 6.45) is 3.55. The van der Waals surface area contributed by atoms with Crippen molar-refractivity contribution in [3.05, 3.63) is 71.3 Å². The first kappa shape index (κ1) is 23.5. The number of aliphatic carboxylic acids is 1. The van der Waals surface area contributed by atoms with Crippen molar-refractivity contribution in [3.8, 4) is 11.1 Å². The van der Waals surface area contributed by atoms with Crippen molar-refractivity contribution in [1.82, 2.24) is 10.6 Å². The minimum atomic E-state index is -0.799. The van der Waals surface area contributed by atoms with Crippen LogP contribution in [0, 0.1) is 5.92 Å². The lowest BCUT2D eigenvalue weighted by Crippen LogP contribution is -2.34. The second-order valence-electron chi connectivity index (χ2n) is 9.04. The largest absolute Gasteiger partial charge is 0.481 e. The van der Waals surface area contributed by atoms with Crippen molar-refractivity contribution in [1.29, 1.82) is 0 Å². The lowest BCUT2D eigenvalue weighted by atomic mass is 9.98. The number of ether oxygens (including phenoxy) is 1. The number of fused-ring (bicyclic) bond motifs is 3. The Bertz CT molecular complexity index is 1060. The van der Waals surface area contributed by atoms with Crippen LogP contribution in [0.25, 0.3) is 11.1 Å². The molecule has 0 heterocycles. The molecule has 2 amide bonds. The van der Waals surface area contributed by atoms with Crippen LogP contribution in [0.2, 0.25) is 0 Å². The monoisotopic (exact) mass is 462 g/mol. The van der Waals surface area contributed by atoms with Crippen LogP contribution in [0.3, 0.4) is 0 Å². The van der Waals surface area contributed by atoms with Crippen LogP contribution in [0.5, 0.6) is 0 Å². The van der Waals surface area contributed by atoms with Gasteiger partial charge >= 0.3 is 12.1 Å². The summed E-state index contributed by atoms with van der Waals surface area (Å²) in [5, 5.41) is 14.6. The Hall–Kier alpha value is -3.61. The zero-order chi connectivity index (χ0) is 24.1. The van der Waals surface area contributed by atoms with E-state index in [9.17, 15) is 14.4 Å². The third kappa shape index (κ3) is 5.47. The third-order valence-corrected chi connectivity index (χ3v) is 6.70. The van der Waals surface area contributed by atoms with Crippen molar-refractivity contribution < 1.29 is 24.2 Å². The van der Waals surface area contributed by atoms with Gasteiger partial charge < -0.3 is 20.5 Å². The van der Waals surface area contributed by atoms with Crippen molar-refractivity contribution in [2.75, 3.05) is 13.2 Å². The van der Waals surface area contributed by atoms with E-state index in [1.165, 1.54) is 11.1 Å². The van der Waals surface area contributed by atoms with Crippen LogP contribution < -0.4 is 10.6 Å². The fourth-order valence-corrected chi connectivity index (χ4v) is 4.97. The molecule has 2 aromatic carbocycles. The molecule has 1 fully saturated rings. The van der Waals surface area contributed by atoms with E-state index in [0.717, 1.165) is 24.0 Å². The first-order valence-corrected chi connectivity index (χ1v) is 11.7. The zero-order valence-corrected chi connectivity index (χ0v) is 19.3. The molecule has 0 aliphatic heterocycles. The number of rotatable bonds is 8. The van der Waals surface area contributed by atoms with Gasteiger partial charge in [-0.2, -0.15) is 0 Å². The smallest absolute Gasteiger partial charge is 0.407 e. The van der Waals surface area contributed by atoms with E-state index < -0.39 is 12.1 Å². The Kier molecular flexibility index (Phi) is 7.30. The molecule has 0 aromatic heterocycles. The second-order valence-corrected chi connectivity index (χ2v) is 9.04. The molecular formula is C27H30N2O5. The maximum Gasteiger partial charge on any atom is 0.407 e. The molecule has 4 rings (SSSR count). The van der Waals surface area contributed by atoms with Gasteiger partial charge in [0.05, 0.1) is 0 Å². The average molecular weight is 463 g/mol. The molecule has 34 heavy (non-hydrogen) atoms. The van der Waals surface area contributed by atoms with Gasteiger partial charge in [-0.15, -0.1) is 0 Å². The van der Waals surface area contributed by atoms with Gasteiger partial charge in [0.25, 0.3) is 0 Å². The SMILES string of the molecule is C/C(=C\CNC(=O)OCC1c2ccccc2-c2ccccc21)C(=O)NC1CCC(CC(=O)O)C1. The summed E-state index contributed by atoms with van der Waals surface area (Å²) in [4.78, 5) is 35.5. The quantitative estimate of drug-likeness (QED) is 0.509. The van der Waals surface area contributed by atoms with Gasteiger partial charge in [-0.05, 0) is 54.4 Å². The number of amides is 2. The molecule has 2 aromatic rings. The molecule has 0 spiro atoms. The summed E-state index contributed by atoms with van der Waals surface area (Å²) >= 11 is 0. The normalized spacial score (nSPS) is 19.3. The molecule has 0 bridgehead atoms. The molecule has 7 nitrogen and oxygen atoms in total. The molecule has 178 valence electrons. The summed E-state index contributed by atoms with van der Waals surface area (Å²) in [6, 6.07) is 16.3. The summed E-state index contributed by atoms with van der Waals surface area (Å²) < 4.78 is 5.51. The van der Waals surface area contributed by atoms with Gasteiger partial charge in [0.2, 0.25) is 5.91 Å². The molecule has 0 radical (unpaired) electrons. The summed E-state index contributed by atoms with van der Waals surface area (Å²) in [7, 11) is 0. The highest BCUT2D eigenvalue weighted by molar-refractivity contribution is 5.93. The maximum atomic E-state index is 12.4. The highest BCUT2D eigenvalue weighted by Gasteiger charge is 2.29. The van der Waals surface area contributed by atoms with E-state index >= 15 is 0 Å². The fraction of sp³-hybridized carbons (Fsp3) is 0.370. The number of nitrogens with one attached hydrogen (secondary N) is 2. The summed E-state index contributed by atoms with van der Waals surface area (Å²) in [6.45, 7) is 2.11. The van der Waals surface area contributed by atoms with Crippen molar-refractivity contribution in [3.63, 3.8) is 0 Å². The molecule has 0 saturated heterocycles. The Morgan fingerprint density at radius 2 is 1.68 bits per heavy atom. The Balaban J connectivity index is 1.23. The predicted molar refractivity (Wildman–Crippen MR) is 128 cm³/mol. The van der Waals surface area contributed by atoms with Crippen molar-refractivity contribution in [2.24, 2.45) is 5.92 Å². The van der Waals surface area contributed by atoms with Gasteiger partial charge in [0, 0.05) is 30.5 Å². The van der Waals surface area contributed by atoms with Crippen LogP contribution in [0.15, 0.2) is 60.2 Å². The van der Waals surface area contributed by atoms with Crippen molar-refractivity contribution in [2.45, 2.75) is 44.6 Å². The zero-order valence-electron chi connectivity index (χ0n) is 19.3. The van der Waals surface area contributed by atoms with E-state index in [-0.39, 0.29) is 43.4 Å². The van der Waals surface area contributed by atoms with E-state index in [0.29, 0.717) is 12.0 Å². The summed E-state index contributed by atoms with van der Waals surface area (Å²) in [5.41, 5.74) is 5.16. The van der Waals surface area contributed by atoms with Crippen LogP contribution in [0.1, 0.15) is 49.7 Å². The fourth-order valence-electron chi connectivity index (χ4n) is 4.97. The van der Waals surface area contributed by atoms with E-state index in [1.807, 2.05) is 24.3 Å². The molecule has 2 aliphatic carbocycles. The predicted octanol–water partition coefficient (Wildman–Crippen LogP) is 4.23. The molecule has 7 heteroatoms. The van der Waals surface area contributed by atoms with Crippen LogP contribution >= 0.6 is 0 Å². The van der Waals surface area contributed by atoms with Crippen LogP contribution in [0.4, 0.5) is 4.79 Å². The van der Waals surface area contributed by atoms with Crippen LogP contribution in [-0.2, 0) is 14.3 Å². The molecule has 1 saturated carbocycles. The van der Waals surface area contributed by atoms with Gasteiger partial charge in [-0.25, -0.2) is 4.79 Å². The minimum Gasteiger partial charge on any atom is -0.481 e. The number of hydrogen-bond donors (Lipinski definition) is 3. The third-order valence-electron chi connectivity index (χ3n) is 6.70. The molecule has 2 atom stereocenters. The summed E-state index contributed by atoms with van der Waals surface area (Å²) in [5.74, 6) is -0.887. The van der Waals surface area contributed by atoms with E-state index in [1.54, 1.807) is 13.0 Å². The standard InChI is InChI=1S/C27H30N2O5/c1-17(26(32)29-19-11-10-18(14-19)15-25(30)31)12-13-28-27(33)34-16-24-22-8-4-2-6-20(22)21-7-3-5-9-23(21)24/h2-9,12,18-19,24H,10-11,13-16H2,1H3,(H,28,33)(H,29,32)(H,30,31)/b17-12+. The second kappa shape index (κ2) is 10.5. The first-order valence-electron chi connectivity index (χ1n) is 11.7. The topological polar surface area (TPSA) is 105 Å². The van der Waals surface area contributed by atoms with Gasteiger partial charge in [-0.3, -0.25) is 9.59 Å². The van der Waals surface area contributed by atoms with Gasteiger partial charge in [0.1, 0.15) is 6.61 Å². The highest BCUT2D eigenvalue weighted by atomic mass is 16.5. The number of hydrogen-bond acceptors (Lipinski definition) is 4. The van der Waals surface area contributed by atoms with E-state index in [4.69, 9.17) is 9.84 Å². The number of carboxylic acids is 1. The van der Waals surface area contributed by atoms with Gasteiger partial charge in [0.15, 0.2) is 0 Å². The number of carboxylic acid groups (broad SMARTS) is 1. The maximum absolute atomic E-state index is 12.4. The average Bonchev–Trinajstić information content (AvgIpc) is 3.39. The molecular weight excluding hydrogens is 432 g/mol. The van der Waals surface area contributed by atoms with Gasteiger partial charge in [-0.1, -0.05) is 54.6 Å². The first-order chi connectivity index (χ1) is 16.4. The van der Waals surface area contributed by atoms with Crippen LogP contribution in [-0.4, -0.2) is 42.3 Å². The number of alkyl carbamates (subject to hydrolysis) is 1. The molecule has 3 N–H and O–H groups in total. The number of carbonyl (C=O) groups excluding carboxylic acids is 2. The van der Waals surface area contributed by atoms with Crippen molar-refractivity contribution >= 4 is 18.0 Å². The lowest BCUT2D eigenvalue weighted by Gasteiger charge is -2.15. The minimum absolute atomic E-state index is 0.00225. The highest BCUT2D eigenvalue weighted by Crippen LogP contribution is 2.44. The number of carbonyl (C=O) groups is 3. The van der Waals surface area contributed by atoms with E-state index in [2.05, 4.69) is 34.9 Å². The Morgan fingerprint density at radius 3 is 2.32 bits per heavy atom.